The zero-order chi connectivity index (χ0) is 29.9. The highest BCUT2D eigenvalue weighted by Gasteiger charge is 2.66. The van der Waals surface area contributed by atoms with Crippen LogP contribution in [0.15, 0.2) is 103 Å². The van der Waals surface area contributed by atoms with Crippen LogP contribution in [0.3, 0.4) is 0 Å². The van der Waals surface area contributed by atoms with Gasteiger partial charge < -0.3 is 5.11 Å². The van der Waals surface area contributed by atoms with Crippen LogP contribution in [0.25, 0.3) is 5.57 Å². The summed E-state index contributed by atoms with van der Waals surface area (Å²) in [4.78, 5) is 58.4. The Kier molecular flexibility index (Phi) is 6.53. The maximum Gasteiger partial charge on any atom is 0.233 e. The highest BCUT2D eigenvalue weighted by atomic mass is 16.3. The molecule has 0 unspecified atom stereocenters. The number of likely N-dealkylation sites (tertiary alicyclic amines) is 1. The van der Waals surface area contributed by atoms with E-state index in [4.69, 9.17) is 0 Å². The normalized spacial score (nSPS) is 29.9. The van der Waals surface area contributed by atoms with Gasteiger partial charge in [0, 0.05) is 29.5 Å². The third kappa shape index (κ3) is 3.85. The van der Waals surface area contributed by atoms with Gasteiger partial charge in [0.15, 0.2) is 11.6 Å². The van der Waals surface area contributed by atoms with Gasteiger partial charge in [-0.3, -0.25) is 24.1 Å². The number of imide groups is 1. The summed E-state index contributed by atoms with van der Waals surface area (Å²) < 4.78 is 0. The molecule has 1 saturated heterocycles. The number of carbonyl (C=O) groups excluding carboxylic acids is 4. The van der Waals surface area contributed by atoms with E-state index in [1.165, 1.54) is 11.0 Å². The molecule has 7 rings (SSSR count). The zero-order valence-electron chi connectivity index (χ0n) is 24.0. The highest BCUT2D eigenvalue weighted by molar-refractivity contribution is 6.31. The SMILES string of the molecule is CCCN1C(=O)[C@H]2[C@H](CC=C3[C@H]2C[C@H]2C(=O)C(c4ccccc4)=CC(=O)[C@@]2(c2ccccc2)[C@H]3c2ccccc2O)C1=O. The molecular formula is C37H33NO5. The third-order valence-corrected chi connectivity index (χ3v) is 10.2. The van der Waals surface area contributed by atoms with Gasteiger partial charge in [0.1, 0.15) is 5.75 Å². The zero-order valence-corrected chi connectivity index (χ0v) is 24.0. The van der Waals surface area contributed by atoms with Crippen LogP contribution in [-0.2, 0) is 24.6 Å². The molecule has 3 aliphatic carbocycles. The molecule has 1 aliphatic heterocycles. The molecule has 0 aromatic heterocycles. The van der Waals surface area contributed by atoms with Crippen LogP contribution in [0.4, 0.5) is 0 Å². The predicted octanol–water partition coefficient (Wildman–Crippen LogP) is 5.63. The molecule has 4 aliphatic rings. The van der Waals surface area contributed by atoms with E-state index in [1.54, 1.807) is 12.1 Å². The minimum atomic E-state index is -1.33. The molecule has 0 bridgehead atoms. The summed E-state index contributed by atoms with van der Waals surface area (Å²) in [5.74, 6) is -3.68. The molecule has 216 valence electrons. The maximum atomic E-state index is 14.9. The van der Waals surface area contributed by atoms with E-state index < -0.39 is 35.0 Å². The largest absolute Gasteiger partial charge is 0.508 e. The molecule has 3 aromatic rings. The second-order valence-electron chi connectivity index (χ2n) is 12.2. The number of Topliss-reactive ketones (excluding diaryl/α,β-unsaturated/α-hetero) is 1. The van der Waals surface area contributed by atoms with Gasteiger partial charge in [-0.15, -0.1) is 0 Å². The molecule has 2 amide bonds. The Labute approximate surface area is 250 Å². The maximum absolute atomic E-state index is 14.9. The Morgan fingerprint density at radius 3 is 2.21 bits per heavy atom. The topological polar surface area (TPSA) is 91.8 Å². The van der Waals surface area contributed by atoms with E-state index in [2.05, 4.69) is 0 Å². The lowest BCUT2D eigenvalue weighted by Crippen LogP contribution is -2.58. The van der Waals surface area contributed by atoms with Crippen LogP contribution < -0.4 is 0 Å². The fraction of sp³-hybridized carbons (Fsp3) is 0.297. The summed E-state index contributed by atoms with van der Waals surface area (Å²) >= 11 is 0. The molecule has 2 fully saturated rings. The number of para-hydroxylation sites is 1. The van der Waals surface area contributed by atoms with Crippen molar-refractivity contribution in [1.29, 1.82) is 0 Å². The summed E-state index contributed by atoms with van der Waals surface area (Å²) in [6.45, 7) is 2.31. The molecule has 6 atom stereocenters. The number of amides is 2. The average Bonchev–Trinajstić information content (AvgIpc) is 3.28. The van der Waals surface area contributed by atoms with Gasteiger partial charge in [-0.2, -0.15) is 0 Å². The second kappa shape index (κ2) is 10.3. The number of benzene rings is 3. The Morgan fingerprint density at radius 1 is 0.837 bits per heavy atom. The van der Waals surface area contributed by atoms with Crippen molar-refractivity contribution in [3.63, 3.8) is 0 Å². The minimum Gasteiger partial charge on any atom is -0.508 e. The van der Waals surface area contributed by atoms with E-state index in [0.717, 1.165) is 5.57 Å². The van der Waals surface area contributed by atoms with Crippen molar-refractivity contribution in [3.05, 3.63) is 119 Å². The van der Waals surface area contributed by atoms with Crippen LogP contribution in [-0.4, -0.2) is 39.9 Å². The summed E-state index contributed by atoms with van der Waals surface area (Å²) in [7, 11) is 0. The molecule has 6 heteroatoms. The summed E-state index contributed by atoms with van der Waals surface area (Å²) in [6, 6.07) is 25.6. The smallest absolute Gasteiger partial charge is 0.233 e. The first-order chi connectivity index (χ1) is 20.9. The van der Waals surface area contributed by atoms with Crippen molar-refractivity contribution >= 4 is 29.0 Å². The summed E-state index contributed by atoms with van der Waals surface area (Å²) in [6.07, 6.45) is 4.83. The third-order valence-electron chi connectivity index (χ3n) is 10.2. The first-order valence-electron chi connectivity index (χ1n) is 15.1. The fourth-order valence-electron chi connectivity index (χ4n) is 8.46. The Bertz CT molecular complexity index is 1710. The van der Waals surface area contributed by atoms with Crippen LogP contribution in [0.1, 0.15) is 48.8 Å². The van der Waals surface area contributed by atoms with E-state index in [0.29, 0.717) is 41.6 Å². The summed E-state index contributed by atoms with van der Waals surface area (Å²) in [5, 5.41) is 11.3. The lowest BCUT2D eigenvalue weighted by Gasteiger charge is -2.55. The monoisotopic (exact) mass is 571 g/mol. The van der Waals surface area contributed by atoms with Gasteiger partial charge in [0.25, 0.3) is 0 Å². The van der Waals surface area contributed by atoms with Crippen molar-refractivity contribution < 1.29 is 24.3 Å². The molecule has 1 saturated carbocycles. The molecule has 1 N–H and O–H groups in total. The van der Waals surface area contributed by atoms with Crippen molar-refractivity contribution in [2.24, 2.45) is 23.7 Å². The quantitative estimate of drug-likeness (QED) is 0.317. The molecule has 0 radical (unpaired) electrons. The molecule has 0 spiro atoms. The first kappa shape index (κ1) is 27.3. The number of hydrogen-bond donors (Lipinski definition) is 1. The highest BCUT2D eigenvalue weighted by Crippen LogP contribution is 2.64. The van der Waals surface area contributed by atoms with E-state index in [-0.39, 0.29) is 35.6 Å². The number of aromatic hydroxyl groups is 1. The number of allylic oxidation sites excluding steroid dienone is 4. The Balaban J connectivity index is 1.50. The lowest BCUT2D eigenvalue weighted by atomic mass is 9.44. The van der Waals surface area contributed by atoms with Crippen LogP contribution in [0.2, 0.25) is 0 Å². The molecule has 1 heterocycles. The average molecular weight is 572 g/mol. The van der Waals surface area contributed by atoms with Crippen LogP contribution in [0.5, 0.6) is 5.75 Å². The van der Waals surface area contributed by atoms with Crippen molar-refractivity contribution in [2.75, 3.05) is 6.54 Å². The first-order valence-corrected chi connectivity index (χ1v) is 15.1. The molecule has 3 aromatic carbocycles. The van der Waals surface area contributed by atoms with Gasteiger partial charge in [0.2, 0.25) is 11.8 Å². The van der Waals surface area contributed by atoms with E-state index in [1.807, 2.05) is 85.8 Å². The standard InChI is InChI=1S/C37H33NO5/c1-2-19-38-35(42)26-18-17-24-28(32(26)36(38)43)20-29-34(41)27(22-11-5-3-6-12-22)21-31(40)37(29,23-13-7-4-8-14-23)33(24)25-15-9-10-16-30(25)39/h3-17,21,26,28-29,32-33,39H,2,18-20H2,1H3/t26-,28+,29-,32-,33+,37-/m0/s1. The van der Waals surface area contributed by atoms with Crippen molar-refractivity contribution in [2.45, 2.75) is 37.5 Å². The molecule has 6 nitrogen and oxygen atoms in total. The number of phenolic OH excluding ortho intramolecular Hbond substituents is 1. The Morgan fingerprint density at radius 2 is 1.51 bits per heavy atom. The lowest BCUT2D eigenvalue weighted by molar-refractivity contribution is -0.140. The molecular weight excluding hydrogens is 538 g/mol. The number of ketones is 2. The number of hydrogen-bond acceptors (Lipinski definition) is 5. The van der Waals surface area contributed by atoms with Gasteiger partial charge in [-0.05, 0) is 48.4 Å². The number of nitrogens with zero attached hydrogens (tertiary/aromatic N) is 1. The second-order valence-corrected chi connectivity index (χ2v) is 12.2. The number of fused-ring (bicyclic) bond motifs is 4. The minimum absolute atomic E-state index is 0.0322. The number of phenols is 1. The van der Waals surface area contributed by atoms with Gasteiger partial charge in [0.05, 0.1) is 17.3 Å². The molecule has 43 heavy (non-hydrogen) atoms. The summed E-state index contributed by atoms with van der Waals surface area (Å²) in [5.41, 5.74) is 1.81. The fourth-order valence-corrected chi connectivity index (χ4v) is 8.46. The number of rotatable bonds is 5. The Hall–Kier alpha value is -4.58. The van der Waals surface area contributed by atoms with Crippen LogP contribution in [0, 0.1) is 23.7 Å². The van der Waals surface area contributed by atoms with Crippen molar-refractivity contribution in [3.8, 4) is 5.75 Å². The van der Waals surface area contributed by atoms with E-state index >= 15 is 0 Å². The van der Waals surface area contributed by atoms with Gasteiger partial charge in [-0.25, -0.2) is 0 Å². The number of carbonyl (C=O) groups is 4. The van der Waals surface area contributed by atoms with Gasteiger partial charge >= 0.3 is 0 Å². The predicted molar refractivity (Wildman–Crippen MR) is 162 cm³/mol. The van der Waals surface area contributed by atoms with Gasteiger partial charge in [-0.1, -0.05) is 97.4 Å². The van der Waals surface area contributed by atoms with E-state index in [9.17, 15) is 24.3 Å². The van der Waals surface area contributed by atoms with Crippen LogP contribution >= 0.6 is 0 Å². The van der Waals surface area contributed by atoms with Crippen molar-refractivity contribution in [1.82, 2.24) is 4.90 Å².